The lowest BCUT2D eigenvalue weighted by Crippen LogP contribution is -2.16. The third-order valence-electron chi connectivity index (χ3n) is 2.59. The van der Waals surface area contributed by atoms with Gasteiger partial charge in [-0.3, -0.25) is 4.57 Å². The Labute approximate surface area is 111 Å². The van der Waals surface area contributed by atoms with Crippen LogP contribution in [0.4, 0.5) is 8.78 Å². The van der Waals surface area contributed by atoms with Crippen molar-refractivity contribution in [2.45, 2.75) is 11.2 Å². The highest BCUT2D eigenvalue weighted by Crippen LogP contribution is 2.23. The van der Waals surface area contributed by atoms with Gasteiger partial charge in [-0.2, -0.15) is 0 Å². The van der Waals surface area contributed by atoms with Crippen molar-refractivity contribution in [1.82, 2.24) is 14.8 Å². The van der Waals surface area contributed by atoms with Gasteiger partial charge in [0, 0.05) is 24.4 Å². The predicted octanol–water partition coefficient (Wildman–Crippen LogP) is 1.18. The Bertz CT molecular complexity index is 640. The summed E-state index contributed by atoms with van der Waals surface area (Å²) in [4.78, 5) is 11.1. The molecule has 1 aromatic heterocycles. The molecule has 0 saturated heterocycles. The summed E-state index contributed by atoms with van der Waals surface area (Å²) in [6, 6.07) is 2.47. The second-order valence-corrected chi connectivity index (χ2v) is 4.94. The van der Waals surface area contributed by atoms with Gasteiger partial charge in [0.05, 0.1) is 0 Å². The smallest absolute Gasteiger partial charge is 0.323 e. The SMILES string of the molecule is Cn1c(SCC(N)c2cc(F)ccc2F)n[nH]c1=O. The fourth-order valence-corrected chi connectivity index (χ4v) is 2.41. The molecule has 1 unspecified atom stereocenters. The molecule has 1 aromatic carbocycles. The molecule has 0 aliphatic heterocycles. The number of nitrogens with two attached hydrogens (primary N) is 1. The first-order valence-corrected chi connectivity index (χ1v) is 6.42. The van der Waals surface area contributed by atoms with E-state index in [1.165, 1.54) is 16.3 Å². The molecule has 2 aromatic rings. The summed E-state index contributed by atoms with van der Waals surface area (Å²) < 4.78 is 27.9. The third-order valence-corrected chi connectivity index (χ3v) is 3.74. The first-order valence-electron chi connectivity index (χ1n) is 5.43. The zero-order chi connectivity index (χ0) is 14.0. The van der Waals surface area contributed by atoms with E-state index in [9.17, 15) is 13.6 Å². The largest absolute Gasteiger partial charge is 0.343 e. The van der Waals surface area contributed by atoms with Gasteiger partial charge in [0.25, 0.3) is 0 Å². The van der Waals surface area contributed by atoms with Gasteiger partial charge in [-0.25, -0.2) is 18.7 Å². The minimum absolute atomic E-state index is 0.105. The first kappa shape index (κ1) is 13.8. The number of rotatable bonds is 4. The second kappa shape index (κ2) is 5.54. The molecule has 0 amide bonds. The van der Waals surface area contributed by atoms with Crippen LogP contribution in [0.1, 0.15) is 11.6 Å². The molecule has 5 nitrogen and oxygen atoms in total. The van der Waals surface area contributed by atoms with Crippen LogP contribution < -0.4 is 11.4 Å². The number of hydrogen-bond acceptors (Lipinski definition) is 4. The van der Waals surface area contributed by atoms with Crippen LogP contribution in [0, 0.1) is 11.6 Å². The number of halogens is 2. The number of nitrogens with one attached hydrogen (secondary N) is 1. The third kappa shape index (κ3) is 3.02. The molecule has 0 fully saturated rings. The summed E-state index contributed by atoms with van der Waals surface area (Å²) in [6.45, 7) is 0. The van der Waals surface area contributed by atoms with Crippen molar-refractivity contribution in [2.75, 3.05) is 5.75 Å². The van der Waals surface area contributed by atoms with Gasteiger partial charge < -0.3 is 5.73 Å². The zero-order valence-corrected chi connectivity index (χ0v) is 10.9. The predicted molar refractivity (Wildman–Crippen MR) is 67.8 cm³/mol. The van der Waals surface area contributed by atoms with Crippen molar-refractivity contribution >= 4 is 11.8 Å². The van der Waals surface area contributed by atoms with E-state index >= 15 is 0 Å². The summed E-state index contributed by atoms with van der Waals surface area (Å²) in [5, 5.41) is 6.51. The molecule has 0 aliphatic rings. The van der Waals surface area contributed by atoms with Crippen molar-refractivity contribution in [1.29, 1.82) is 0 Å². The Hall–Kier alpha value is -1.67. The number of thioether (sulfide) groups is 1. The fraction of sp³-hybridized carbons (Fsp3) is 0.273. The Balaban J connectivity index is 2.09. The second-order valence-electron chi connectivity index (χ2n) is 3.95. The van der Waals surface area contributed by atoms with E-state index < -0.39 is 17.7 Å². The number of aromatic nitrogens is 3. The Morgan fingerprint density at radius 3 is 2.89 bits per heavy atom. The van der Waals surface area contributed by atoms with Gasteiger partial charge in [0.15, 0.2) is 5.16 Å². The topological polar surface area (TPSA) is 76.7 Å². The molecule has 8 heteroatoms. The highest BCUT2D eigenvalue weighted by Gasteiger charge is 2.14. The summed E-state index contributed by atoms with van der Waals surface area (Å²) in [7, 11) is 1.56. The maximum Gasteiger partial charge on any atom is 0.343 e. The molecule has 19 heavy (non-hydrogen) atoms. The summed E-state index contributed by atoms with van der Waals surface area (Å²) in [5.41, 5.74) is 5.58. The van der Waals surface area contributed by atoms with Gasteiger partial charge in [-0.15, -0.1) is 5.10 Å². The van der Waals surface area contributed by atoms with E-state index in [0.29, 0.717) is 5.16 Å². The molecule has 0 aliphatic carbocycles. The van der Waals surface area contributed by atoms with Gasteiger partial charge in [0.2, 0.25) is 0 Å². The Morgan fingerprint density at radius 1 is 1.53 bits per heavy atom. The van der Waals surface area contributed by atoms with Crippen LogP contribution in [-0.2, 0) is 7.05 Å². The van der Waals surface area contributed by atoms with Gasteiger partial charge in [0.1, 0.15) is 11.6 Å². The standard InChI is InChI=1S/C11H12F2N4OS/c1-17-10(18)15-16-11(17)19-5-9(14)7-4-6(12)2-3-8(7)13/h2-4,9H,5,14H2,1H3,(H,15,18). The van der Waals surface area contributed by atoms with Crippen LogP contribution in [-0.4, -0.2) is 20.5 Å². The number of hydrogen-bond donors (Lipinski definition) is 2. The minimum atomic E-state index is -0.687. The molecule has 0 radical (unpaired) electrons. The number of H-pyrrole nitrogens is 1. The number of nitrogens with zero attached hydrogens (tertiary/aromatic N) is 2. The van der Waals surface area contributed by atoms with E-state index in [1.807, 2.05) is 0 Å². The number of aromatic amines is 1. The molecular weight excluding hydrogens is 274 g/mol. The molecule has 102 valence electrons. The van der Waals surface area contributed by atoms with Crippen molar-refractivity contribution in [3.05, 3.63) is 45.9 Å². The zero-order valence-electron chi connectivity index (χ0n) is 10.1. The quantitative estimate of drug-likeness (QED) is 0.827. The van der Waals surface area contributed by atoms with Crippen molar-refractivity contribution in [3.63, 3.8) is 0 Å². The van der Waals surface area contributed by atoms with E-state index in [-0.39, 0.29) is 17.0 Å². The normalized spacial score (nSPS) is 12.6. The molecule has 0 saturated carbocycles. The lowest BCUT2D eigenvalue weighted by Gasteiger charge is -2.12. The van der Waals surface area contributed by atoms with Gasteiger partial charge in [-0.1, -0.05) is 11.8 Å². The summed E-state index contributed by atoms with van der Waals surface area (Å²) >= 11 is 1.19. The van der Waals surface area contributed by atoms with E-state index in [4.69, 9.17) is 5.73 Å². The van der Waals surface area contributed by atoms with E-state index in [0.717, 1.165) is 18.2 Å². The lowest BCUT2D eigenvalue weighted by atomic mass is 10.1. The van der Waals surface area contributed by atoms with Crippen molar-refractivity contribution in [3.8, 4) is 0 Å². The van der Waals surface area contributed by atoms with Crippen LogP contribution in [0.15, 0.2) is 28.2 Å². The monoisotopic (exact) mass is 286 g/mol. The van der Waals surface area contributed by atoms with Crippen LogP contribution >= 0.6 is 11.8 Å². The molecule has 3 N–H and O–H groups in total. The molecule has 0 bridgehead atoms. The Morgan fingerprint density at radius 2 is 2.26 bits per heavy atom. The Kier molecular flexibility index (Phi) is 4.01. The average Bonchev–Trinajstić information content (AvgIpc) is 2.70. The molecule has 2 rings (SSSR count). The van der Waals surface area contributed by atoms with Crippen LogP contribution in [0.2, 0.25) is 0 Å². The van der Waals surface area contributed by atoms with Crippen LogP contribution in [0.5, 0.6) is 0 Å². The molecular formula is C11H12F2N4OS. The van der Waals surface area contributed by atoms with E-state index in [1.54, 1.807) is 7.05 Å². The molecule has 1 heterocycles. The van der Waals surface area contributed by atoms with Crippen molar-refractivity contribution < 1.29 is 8.78 Å². The average molecular weight is 286 g/mol. The maximum absolute atomic E-state index is 13.5. The van der Waals surface area contributed by atoms with Crippen LogP contribution in [0.25, 0.3) is 0 Å². The highest BCUT2D eigenvalue weighted by atomic mass is 32.2. The summed E-state index contributed by atoms with van der Waals surface area (Å²) in [5.74, 6) is -0.812. The summed E-state index contributed by atoms with van der Waals surface area (Å²) in [6.07, 6.45) is 0. The molecule has 0 spiro atoms. The van der Waals surface area contributed by atoms with Crippen LogP contribution in [0.3, 0.4) is 0 Å². The number of benzene rings is 1. The van der Waals surface area contributed by atoms with Crippen molar-refractivity contribution in [2.24, 2.45) is 12.8 Å². The fourth-order valence-electron chi connectivity index (χ4n) is 1.51. The maximum atomic E-state index is 13.5. The van der Waals surface area contributed by atoms with Gasteiger partial charge >= 0.3 is 5.69 Å². The highest BCUT2D eigenvalue weighted by molar-refractivity contribution is 7.99. The minimum Gasteiger partial charge on any atom is -0.323 e. The first-order chi connectivity index (χ1) is 8.99. The molecule has 1 atom stereocenters. The van der Waals surface area contributed by atoms with Gasteiger partial charge in [-0.05, 0) is 18.2 Å². The lowest BCUT2D eigenvalue weighted by molar-refractivity contribution is 0.573. The van der Waals surface area contributed by atoms with E-state index in [2.05, 4.69) is 10.2 Å².